The summed E-state index contributed by atoms with van der Waals surface area (Å²) in [5.74, 6) is -1.39. The van der Waals surface area contributed by atoms with Crippen molar-refractivity contribution in [1.82, 2.24) is 5.32 Å². The zero-order valence-corrected chi connectivity index (χ0v) is 11.8. The van der Waals surface area contributed by atoms with Crippen molar-refractivity contribution in [2.45, 2.75) is 31.4 Å². The van der Waals surface area contributed by atoms with E-state index in [1.165, 1.54) is 13.2 Å². The van der Waals surface area contributed by atoms with Crippen LogP contribution in [0.4, 0.5) is 4.39 Å². The van der Waals surface area contributed by atoms with Crippen molar-refractivity contribution in [1.29, 1.82) is 0 Å². The van der Waals surface area contributed by atoms with Crippen molar-refractivity contribution in [2.24, 2.45) is 0 Å². The molecule has 6 heteroatoms. The van der Waals surface area contributed by atoms with Crippen LogP contribution in [0.2, 0.25) is 0 Å². The Labute approximate surface area is 122 Å². The first-order valence-corrected chi connectivity index (χ1v) is 6.85. The SMILES string of the molecule is COC(=O)[C@H](Cc1ccccc1F)NC(=O)[C@@H]1CCCO1. The number of amides is 1. The molecule has 1 N–H and O–H groups in total. The molecule has 1 amide bonds. The number of carbonyl (C=O) groups excluding carboxylic acids is 2. The standard InChI is InChI=1S/C15H18FNO4/c1-20-15(19)12(9-10-5-2-3-6-11(10)16)17-14(18)13-7-4-8-21-13/h2-3,5-6,12-13H,4,7-9H2,1H3,(H,17,18)/t12-,13-/m0/s1. The van der Waals surface area contributed by atoms with Gasteiger partial charge in [0.15, 0.2) is 0 Å². The molecule has 2 rings (SSSR count). The summed E-state index contributed by atoms with van der Waals surface area (Å²) in [5, 5.41) is 2.58. The van der Waals surface area contributed by atoms with Crippen LogP contribution in [0, 0.1) is 5.82 Å². The molecule has 5 nitrogen and oxygen atoms in total. The molecule has 1 aliphatic heterocycles. The van der Waals surface area contributed by atoms with Gasteiger partial charge in [-0.05, 0) is 24.5 Å². The molecule has 0 spiro atoms. The third kappa shape index (κ3) is 4.01. The first-order chi connectivity index (χ1) is 10.1. The van der Waals surface area contributed by atoms with Gasteiger partial charge in [0.05, 0.1) is 7.11 Å². The van der Waals surface area contributed by atoms with Crippen LogP contribution in [0.3, 0.4) is 0 Å². The van der Waals surface area contributed by atoms with Crippen LogP contribution in [0.1, 0.15) is 18.4 Å². The Bertz CT molecular complexity index is 514. The van der Waals surface area contributed by atoms with Crippen molar-refractivity contribution in [3.63, 3.8) is 0 Å². The van der Waals surface area contributed by atoms with Gasteiger partial charge in [-0.1, -0.05) is 18.2 Å². The van der Waals surface area contributed by atoms with Crippen molar-refractivity contribution < 1.29 is 23.5 Å². The van der Waals surface area contributed by atoms with E-state index >= 15 is 0 Å². The van der Waals surface area contributed by atoms with Gasteiger partial charge in [-0.2, -0.15) is 0 Å². The predicted octanol–water partition coefficient (Wildman–Crippen LogP) is 1.20. The first kappa shape index (κ1) is 15.4. The second-order valence-electron chi connectivity index (χ2n) is 4.88. The molecule has 21 heavy (non-hydrogen) atoms. The average molecular weight is 295 g/mol. The largest absolute Gasteiger partial charge is 0.467 e. The van der Waals surface area contributed by atoms with Crippen LogP contribution in [-0.4, -0.2) is 37.7 Å². The molecule has 1 fully saturated rings. The number of ether oxygens (including phenoxy) is 2. The summed E-state index contributed by atoms with van der Waals surface area (Å²) in [4.78, 5) is 23.8. The van der Waals surface area contributed by atoms with Gasteiger partial charge in [-0.15, -0.1) is 0 Å². The summed E-state index contributed by atoms with van der Waals surface area (Å²) in [6.07, 6.45) is 0.934. The fraction of sp³-hybridized carbons (Fsp3) is 0.467. The molecule has 0 aromatic heterocycles. The number of halogens is 1. The zero-order valence-electron chi connectivity index (χ0n) is 11.8. The molecule has 0 saturated carbocycles. The Morgan fingerprint density at radius 1 is 1.48 bits per heavy atom. The average Bonchev–Trinajstić information content (AvgIpc) is 3.02. The van der Waals surface area contributed by atoms with E-state index < -0.39 is 23.9 Å². The number of hydrogen-bond acceptors (Lipinski definition) is 4. The van der Waals surface area contributed by atoms with Gasteiger partial charge < -0.3 is 14.8 Å². The summed E-state index contributed by atoms with van der Waals surface area (Å²) < 4.78 is 23.6. The number of benzene rings is 1. The highest BCUT2D eigenvalue weighted by atomic mass is 19.1. The fourth-order valence-electron chi connectivity index (χ4n) is 2.27. The van der Waals surface area contributed by atoms with E-state index in [1.807, 2.05) is 0 Å². The van der Waals surface area contributed by atoms with Crippen LogP contribution >= 0.6 is 0 Å². The van der Waals surface area contributed by atoms with Gasteiger partial charge in [0.25, 0.3) is 0 Å². The lowest BCUT2D eigenvalue weighted by atomic mass is 10.0. The quantitative estimate of drug-likeness (QED) is 0.829. The third-order valence-corrected chi connectivity index (χ3v) is 3.41. The summed E-state index contributed by atoms with van der Waals surface area (Å²) in [6.45, 7) is 0.536. The monoisotopic (exact) mass is 295 g/mol. The lowest BCUT2D eigenvalue weighted by molar-refractivity contribution is -0.146. The molecule has 1 heterocycles. The van der Waals surface area contributed by atoms with Gasteiger partial charge in [0.1, 0.15) is 18.0 Å². The minimum absolute atomic E-state index is 0.0395. The maximum Gasteiger partial charge on any atom is 0.328 e. The Kier molecular flexibility index (Phi) is 5.27. The van der Waals surface area contributed by atoms with E-state index in [1.54, 1.807) is 18.2 Å². The van der Waals surface area contributed by atoms with E-state index in [9.17, 15) is 14.0 Å². The number of rotatable bonds is 5. The molecule has 0 unspecified atom stereocenters. The van der Waals surface area contributed by atoms with Crippen molar-refractivity contribution in [2.75, 3.05) is 13.7 Å². The number of esters is 1. The molecule has 0 aliphatic carbocycles. The van der Waals surface area contributed by atoms with Crippen LogP contribution in [0.25, 0.3) is 0 Å². The number of carbonyl (C=O) groups is 2. The molecular formula is C15H18FNO4. The molecule has 1 aromatic carbocycles. The van der Waals surface area contributed by atoms with E-state index in [0.717, 1.165) is 6.42 Å². The molecule has 0 bridgehead atoms. The summed E-state index contributed by atoms with van der Waals surface area (Å²) in [6, 6.07) is 5.20. The number of methoxy groups -OCH3 is 1. The maximum atomic E-state index is 13.7. The molecule has 1 aromatic rings. The molecular weight excluding hydrogens is 277 g/mol. The predicted molar refractivity (Wildman–Crippen MR) is 73.0 cm³/mol. The van der Waals surface area contributed by atoms with E-state index in [2.05, 4.69) is 10.1 Å². The van der Waals surface area contributed by atoms with Crippen molar-refractivity contribution in [3.05, 3.63) is 35.6 Å². The van der Waals surface area contributed by atoms with Gasteiger partial charge in [0.2, 0.25) is 5.91 Å². The van der Waals surface area contributed by atoms with Crippen molar-refractivity contribution in [3.8, 4) is 0 Å². The fourth-order valence-corrected chi connectivity index (χ4v) is 2.27. The minimum atomic E-state index is -0.927. The highest BCUT2D eigenvalue weighted by Crippen LogP contribution is 2.14. The van der Waals surface area contributed by atoms with Gasteiger partial charge in [-0.3, -0.25) is 4.79 Å². The Morgan fingerprint density at radius 2 is 2.24 bits per heavy atom. The lowest BCUT2D eigenvalue weighted by Gasteiger charge is -2.19. The van der Waals surface area contributed by atoms with Crippen LogP contribution in [0.5, 0.6) is 0 Å². The molecule has 1 saturated heterocycles. The smallest absolute Gasteiger partial charge is 0.328 e. The topological polar surface area (TPSA) is 64.6 Å². The molecule has 1 aliphatic rings. The molecule has 0 radical (unpaired) electrons. The zero-order chi connectivity index (χ0) is 15.2. The summed E-state index contributed by atoms with van der Waals surface area (Å²) >= 11 is 0. The Morgan fingerprint density at radius 3 is 2.86 bits per heavy atom. The van der Waals surface area contributed by atoms with E-state index in [-0.39, 0.29) is 12.3 Å². The van der Waals surface area contributed by atoms with Crippen LogP contribution < -0.4 is 5.32 Å². The highest BCUT2D eigenvalue weighted by molar-refractivity contribution is 5.87. The van der Waals surface area contributed by atoms with Crippen LogP contribution in [-0.2, 0) is 25.5 Å². The van der Waals surface area contributed by atoms with E-state index in [4.69, 9.17) is 4.74 Å². The highest BCUT2D eigenvalue weighted by Gasteiger charge is 2.29. The second-order valence-corrected chi connectivity index (χ2v) is 4.88. The van der Waals surface area contributed by atoms with Gasteiger partial charge in [-0.25, -0.2) is 9.18 Å². The number of nitrogens with one attached hydrogen (secondary N) is 1. The normalized spacial score (nSPS) is 19.0. The van der Waals surface area contributed by atoms with Gasteiger partial charge in [0, 0.05) is 13.0 Å². The third-order valence-electron chi connectivity index (χ3n) is 3.41. The minimum Gasteiger partial charge on any atom is -0.467 e. The van der Waals surface area contributed by atoms with Gasteiger partial charge >= 0.3 is 5.97 Å². The second kappa shape index (κ2) is 7.17. The lowest BCUT2D eigenvalue weighted by Crippen LogP contribution is -2.47. The first-order valence-electron chi connectivity index (χ1n) is 6.85. The van der Waals surface area contributed by atoms with Crippen LogP contribution in [0.15, 0.2) is 24.3 Å². The van der Waals surface area contributed by atoms with E-state index in [0.29, 0.717) is 18.6 Å². The van der Waals surface area contributed by atoms with Crippen molar-refractivity contribution >= 4 is 11.9 Å². The molecule has 2 atom stereocenters. The molecule has 114 valence electrons. The maximum absolute atomic E-state index is 13.7. The Balaban J connectivity index is 2.06. The summed E-state index contributed by atoms with van der Waals surface area (Å²) in [7, 11) is 1.23. The number of hydrogen-bond donors (Lipinski definition) is 1. The summed E-state index contributed by atoms with van der Waals surface area (Å²) in [5.41, 5.74) is 0.348. The Hall–Kier alpha value is -1.95.